The SMILES string of the molecule is CC(c1cccc(O)c1)N(C)CC(O)c1ccccc1F. The van der Waals surface area contributed by atoms with E-state index in [1.807, 2.05) is 24.9 Å². The number of hydrogen-bond acceptors (Lipinski definition) is 3. The van der Waals surface area contributed by atoms with Crippen molar-refractivity contribution in [3.63, 3.8) is 0 Å². The van der Waals surface area contributed by atoms with E-state index in [0.29, 0.717) is 12.1 Å². The van der Waals surface area contributed by atoms with Crippen LogP contribution in [0, 0.1) is 5.82 Å². The van der Waals surface area contributed by atoms with Gasteiger partial charge < -0.3 is 10.2 Å². The average Bonchev–Trinajstić information content (AvgIpc) is 2.46. The van der Waals surface area contributed by atoms with Gasteiger partial charge in [0.25, 0.3) is 0 Å². The van der Waals surface area contributed by atoms with Crippen molar-refractivity contribution in [2.24, 2.45) is 0 Å². The molecule has 0 aliphatic carbocycles. The minimum Gasteiger partial charge on any atom is -0.508 e. The molecule has 0 aliphatic heterocycles. The molecule has 21 heavy (non-hydrogen) atoms. The fourth-order valence-corrected chi connectivity index (χ4v) is 2.31. The van der Waals surface area contributed by atoms with Gasteiger partial charge >= 0.3 is 0 Å². The van der Waals surface area contributed by atoms with Gasteiger partial charge in [0.1, 0.15) is 11.6 Å². The Morgan fingerprint density at radius 1 is 1.14 bits per heavy atom. The van der Waals surface area contributed by atoms with E-state index in [9.17, 15) is 14.6 Å². The number of halogens is 1. The number of aromatic hydroxyl groups is 1. The van der Waals surface area contributed by atoms with E-state index in [1.54, 1.807) is 36.4 Å². The molecule has 0 bridgehead atoms. The number of phenolic OH excluding ortho intramolecular Hbond substituents is 1. The maximum atomic E-state index is 13.7. The summed E-state index contributed by atoms with van der Waals surface area (Å²) in [5.74, 6) is -0.189. The Labute approximate surface area is 124 Å². The zero-order chi connectivity index (χ0) is 15.4. The molecule has 2 aromatic carbocycles. The van der Waals surface area contributed by atoms with Crippen molar-refractivity contribution in [2.45, 2.75) is 19.1 Å². The van der Waals surface area contributed by atoms with E-state index in [-0.39, 0.29) is 11.8 Å². The zero-order valence-corrected chi connectivity index (χ0v) is 12.2. The lowest BCUT2D eigenvalue weighted by Crippen LogP contribution is -2.28. The highest BCUT2D eigenvalue weighted by molar-refractivity contribution is 5.29. The van der Waals surface area contributed by atoms with Gasteiger partial charge in [-0.3, -0.25) is 4.90 Å². The summed E-state index contributed by atoms with van der Waals surface area (Å²) >= 11 is 0. The van der Waals surface area contributed by atoms with Crippen molar-refractivity contribution in [3.05, 3.63) is 65.5 Å². The second-order valence-electron chi connectivity index (χ2n) is 5.25. The van der Waals surface area contributed by atoms with E-state index in [1.165, 1.54) is 6.07 Å². The summed E-state index contributed by atoms with van der Waals surface area (Å²) in [6, 6.07) is 13.2. The molecular weight excluding hydrogens is 269 g/mol. The van der Waals surface area contributed by atoms with Crippen LogP contribution in [0.3, 0.4) is 0 Å². The zero-order valence-electron chi connectivity index (χ0n) is 12.2. The summed E-state index contributed by atoms with van der Waals surface area (Å²) in [4.78, 5) is 1.92. The molecule has 2 unspecified atom stereocenters. The van der Waals surface area contributed by atoms with E-state index in [2.05, 4.69) is 0 Å². The van der Waals surface area contributed by atoms with Crippen LogP contribution in [-0.4, -0.2) is 28.7 Å². The molecule has 0 amide bonds. The lowest BCUT2D eigenvalue weighted by Gasteiger charge is -2.27. The number of nitrogens with zero attached hydrogens (tertiary/aromatic N) is 1. The highest BCUT2D eigenvalue weighted by Crippen LogP contribution is 2.25. The third kappa shape index (κ3) is 3.80. The molecule has 2 aromatic rings. The van der Waals surface area contributed by atoms with Crippen molar-refractivity contribution in [1.82, 2.24) is 4.90 Å². The second-order valence-corrected chi connectivity index (χ2v) is 5.25. The van der Waals surface area contributed by atoms with Crippen LogP contribution in [0.2, 0.25) is 0 Å². The lowest BCUT2D eigenvalue weighted by molar-refractivity contribution is 0.105. The highest BCUT2D eigenvalue weighted by atomic mass is 19.1. The first-order valence-electron chi connectivity index (χ1n) is 6.90. The van der Waals surface area contributed by atoms with Crippen LogP contribution in [0.1, 0.15) is 30.2 Å². The van der Waals surface area contributed by atoms with Gasteiger partial charge in [0.05, 0.1) is 6.10 Å². The van der Waals surface area contributed by atoms with Crippen molar-refractivity contribution in [3.8, 4) is 5.75 Å². The number of likely N-dealkylation sites (N-methyl/N-ethyl adjacent to an activating group) is 1. The fraction of sp³-hybridized carbons (Fsp3) is 0.294. The quantitative estimate of drug-likeness (QED) is 0.888. The summed E-state index contributed by atoms with van der Waals surface area (Å²) in [7, 11) is 1.86. The minimum atomic E-state index is -0.893. The van der Waals surface area contributed by atoms with Crippen molar-refractivity contribution >= 4 is 0 Å². The van der Waals surface area contributed by atoms with Gasteiger partial charge in [-0.1, -0.05) is 30.3 Å². The summed E-state index contributed by atoms with van der Waals surface area (Å²) in [6.07, 6.45) is -0.893. The van der Waals surface area contributed by atoms with Gasteiger partial charge in [0, 0.05) is 18.2 Å². The number of aliphatic hydroxyl groups is 1. The van der Waals surface area contributed by atoms with Crippen LogP contribution in [0.5, 0.6) is 5.75 Å². The molecule has 3 nitrogen and oxygen atoms in total. The Bertz CT molecular complexity index is 603. The topological polar surface area (TPSA) is 43.7 Å². The van der Waals surface area contributed by atoms with Gasteiger partial charge in [-0.25, -0.2) is 4.39 Å². The maximum absolute atomic E-state index is 13.7. The second kappa shape index (κ2) is 6.70. The normalized spacial score (nSPS) is 14.1. The molecule has 0 aromatic heterocycles. The molecule has 0 radical (unpaired) electrons. The Kier molecular flexibility index (Phi) is 4.94. The number of phenols is 1. The van der Waals surface area contributed by atoms with Gasteiger partial charge in [-0.2, -0.15) is 0 Å². The van der Waals surface area contributed by atoms with Gasteiger partial charge in [0.2, 0.25) is 0 Å². The predicted molar refractivity (Wildman–Crippen MR) is 80.5 cm³/mol. The molecule has 2 N–H and O–H groups in total. The Hall–Kier alpha value is -1.91. The maximum Gasteiger partial charge on any atom is 0.129 e. The van der Waals surface area contributed by atoms with Gasteiger partial charge in [0.15, 0.2) is 0 Å². The first kappa shape index (κ1) is 15.5. The van der Waals surface area contributed by atoms with Crippen LogP contribution in [0.25, 0.3) is 0 Å². The number of aliphatic hydroxyl groups excluding tert-OH is 1. The molecule has 0 heterocycles. The smallest absolute Gasteiger partial charge is 0.129 e. The lowest BCUT2D eigenvalue weighted by atomic mass is 10.0. The van der Waals surface area contributed by atoms with Crippen LogP contribution < -0.4 is 0 Å². The first-order chi connectivity index (χ1) is 9.99. The number of benzene rings is 2. The molecule has 0 spiro atoms. The third-order valence-corrected chi connectivity index (χ3v) is 3.74. The molecule has 112 valence electrons. The third-order valence-electron chi connectivity index (χ3n) is 3.74. The summed E-state index contributed by atoms with van der Waals surface area (Å²) in [5, 5.41) is 19.7. The molecule has 4 heteroatoms. The van der Waals surface area contributed by atoms with Crippen LogP contribution in [-0.2, 0) is 0 Å². The molecule has 0 saturated heterocycles. The predicted octanol–water partition coefficient (Wildman–Crippen LogP) is 3.26. The minimum absolute atomic E-state index is 0.00137. The number of rotatable bonds is 5. The molecule has 0 saturated carbocycles. The Morgan fingerprint density at radius 2 is 1.86 bits per heavy atom. The van der Waals surface area contributed by atoms with Crippen LogP contribution in [0.15, 0.2) is 48.5 Å². The van der Waals surface area contributed by atoms with E-state index in [4.69, 9.17) is 0 Å². The van der Waals surface area contributed by atoms with Gasteiger partial charge in [-0.05, 0) is 37.7 Å². The standard InChI is InChI=1S/C17H20FNO2/c1-12(13-6-5-7-14(20)10-13)19(2)11-17(21)15-8-3-4-9-16(15)18/h3-10,12,17,20-21H,11H2,1-2H3. The van der Waals surface area contributed by atoms with E-state index < -0.39 is 11.9 Å². The molecule has 0 aliphatic rings. The molecule has 2 rings (SSSR count). The van der Waals surface area contributed by atoms with Crippen molar-refractivity contribution in [1.29, 1.82) is 0 Å². The van der Waals surface area contributed by atoms with E-state index >= 15 is 0 Å². The average molecular weight is 289 g/mol. The molecule has 2 atom stereocenters. The Morgan fingerprint density at radius 3 is 2.52 bits per heavy atom. The number of hydrogen-bond donors (Lipinski definition) is 2. The summed E-state index contributed by atoms with van der Waals surface area (Å²) < 4.78 is 13.7. The summed E-state index contributed by atoms with van der Waals surface area (Å²) in [5.41, 5.74) is 1.24. The highest BCUT2D eigenvalue weighted by Gasteiger charge is 2.18. The van der Waals surface area contributed by atoms with Gasteiger partial charge in [-0.15, -0.1) is 0 Å². The molecule has 0 fully saturated rings. The van der Waals surface area contributed by atoms with Crippen LogP contribution >= 0.6 is 0 Å². The Balaban J connectivity index is 2.07. The fourth-order valence-electron chi connectivity index (χ4n) is 2.31. The molecular formula is C17H20FNO2. The van der Waals surface area contributed by atoms with Crippen molar-refractivity contribution in [2.75, 3.05) is 13.6 Å². The van der Waals surface area contributed by atoms with Crippen LogP contribution in [0.4, 0.5) is 4.39 Å². The largest absolute Gasteiger partial charge is 0.508 e. The monoisotopic (exact) mass is 289 g/mol. The van der Waals surface area contributed by atoms with E-state index in [0.717, 1.165) is 5.56 Å². The van der Waals surface area contributed by atoms with Crippen molar-refractivity contribution < 1.29 is 14.6 Å². The first-order valence-corrected chi connectivity index (χ1v) is 6.90. The summed E-state index contributed by atoms with van der Waals surface area (Å²) in [6.45, 7) is 2.28.